The molecule has 0 bridgehead atoms. The van der Waals surface area contributed by atoms with E-state index in [4.69, 9.17) is 14.2 Å². The lowest BCUT2D eigenvalue weighted by Crippen LogP contribution is -2.34. The van der Waals surface area contributed by atoms with Crippen molar-refractivity contribution in [3.05, 3.63) is 35.5 Å². The molecular formula is C24H36N2O7. The van der Waals surface area contributed by atoms with Crippen LogP contribution in [0.4, 0.5) is 10.5 Å². The number of carbonyl (C=O) groups excluding carboxylic acids is 3. The van der Waals surface area contributed by atoms with Crippen LogP contribution in [0.25, 0.3) is 0 Å². The fourth-order valence-electron chi connectivity index (χ4n) is 2.60. The SMILES string of the molecule is COC(=O)/C=C(\Nc1c(CN(C)C(=O)OC(C)(C)C)cccc1OCCC(C)C)C(=O)OC. The number of hydrogen-bond acceptors (Lipinski definition) is 8. The third-order valence-electron chi connectivity index (χ3n) is 4.31. The minimum atomic E-state index is -0.760. The van der Waals surface area contributed by atoms with Crippen molar-refractivity contribution in [3.8, 4) is 5.75 Å². The molecule has 1 N–H and O–H groups in total. The molecule has 33 heavy (non-hydrogen) atoms. The molecule has 9 nitrogen and oxygen atoms in total. The third kappa shape index (κ3) is 9.84. The van der Waals surface area contributed by atoms with Gasteiger partial charge in [0.05, 0.1) is 39.1 Å². The average Bonchev–Trinajstić information content (AvgIpc) is 2.72. The maximum atomic E-state index is 12.5. The molecule has 1 rings (SSSR count). The Morgan fingerprint density at radius 3 is 2.33 bits per heavy atom. The van der Waals surface area contributed by atoms with Crippen LogP contribution in [0.5, 0.6) is 5.75 Å². The second-order valence-electron chi connectivity index (χ2n) is 8.86. The number of carbonyl (C=O) groups is 3. The number of benzene rings is 1. The van der Waals surface area contributed by atoms with Crippen molar-refractivity contribution in [2.75, 3.05) is 33.2 Å². The first-order valence-corrected chi connectivity index (χ1v) is 10.7. The van der Waals surface area contributed by atoms with Gasteiger partial charge < -0.3 is 29.2 Å². The van der Waals surface area contributed by atoms with Gasteiger partial charge in [0.15, 0.2) is 0 Å². The molecule has 0 aliphatic rings. The summed E-state index contributed by atoms with van der Waals surface area (Å²) >= 11 is 0. The Kier molecular flexibility index (Phi) is 10.7. The quantitative estimate of drug-likeness (QED) is 0.313. The second kappa shape index (κ2) is 12.7. The number of para-hydroxylation sites is 1. The number of ether oxygens (including phenoxy) is 4. The van der Waals surface area contributed by atoms with Crippen LogP contribution in [0.15, 0.2) is 30.0 Å². The Balaban J connectivity index is 3.35. The van der Waals surface area contributed by atoms with E-state index >= 15 is 0 Å². The number of esters is 2. The minimum absolute atomic E-state index is 0.134. The summed E-state index contributed by atoms with van der Waals surface area (Å²) in [5.74, 6) is -0.587. The largest absolute Gasteiger partial charge is 0.491 e. The molecule has 0 saturated carbocycles. The number of rotatable bonds is 10. The Morgan fingerprint density at radius 2 is 1.79 bits per heavy atom. The monoisotopic (exact) mass is 464 g/mol. The molecule has 0 aliphatic carbocycles. The van der Waals surface area contributed by atoms with Crippen molar-refractivity contribution >= 4 is 23.7 Å². The van der Waals surface area contributed by atoms with Gasteiger partial charge in [-0.2, -0.15) is 0 Å². The van der Waals surface area contributed by atoms with Crippen LogP contribution >= 0.6 is 0 Å². The molecule has 1 aromatic carbocycles. The molecule has 0 saturated heterocycles. The molecule has 0 atom stereocenters. The van der Waals surface area contributed by atoms with Gasteiger partial charge in [-0.05, 0) is 44.7 Å². The summed E-state index contributed by atoms with van der Waals surface area (Å²) in [5, 5.41) is 2.94. The van der Waals surface area contributed by atoms with Crippen LogP contribution in [0, 0.1) is 5.92 Å². The standard InChI is InChI=1S/C24H36N2O7/c1-16(2)12-13-32-19-11-9-10-17(15-26(6)23(29)33-24(3,4)5)21(19)25-18(22(28)31-8)14-20(27)30-7/h9-11,14,16,25H,12-13,15H2,1-8H3/b18-14-. The van der Waals surface area contributed by atoms with Crippen molar-refractivity contribution in [2.45, 2.75) is 53.2 Å². The van der Waals surface area contributed by atoms with Gasteiger partial charge in [0.2, 0.25) is 0 Å². The zero-order valence-electron chi connectivity index (χ0n) is 20.8. The highest BCUT2D eigenvalue weighted by Crippen LogP contribution is 2.31. The Hall–Kier alpha value is -3.23. The van der Waals surface area contributed by atoms with Crippen LogP contribution in [0.2, 0.25) is 0 Å². The van der Waals surface area contributed by atoms with Gasteiger partial charge >= 0.3 is 18.0 Å². The molecule has 9 heteroatoms. The summed E-state index contributed by atoms with van der Waals surface area (Å²) in [7, 11) is 4.02. The number of amides is 1. The van der Waals surface area contributed by atoms with Crippen molar-refractivity contribution < 1.29 is 33.3 Å². The normalized spacial score (nSPS) is 11.6. The molecule has 0 aromatic heterocycles. The fourth-order valence-corrected chi connectivity index (χ4v) is 2.60. The molecule has 0 radical (unpaired) electrons. The van der Waals surface area contributed by atoms with Gasteiger partial charge in [0, 0.05) is 7.05 Å². The van der Waals surface area contributed by atoms with E-state index in [1.807, 2.05) is 0 Å². The van der Waals surface area contributed by atoms with E-state index in [-0.39, 0.29) is 12.2 Å². The van der Waals surface area contributed by atoms with Crippen LogP contribution in [-0.4, -0.2) is 56.4 Å². The number of anilines is 1. The maximum absolute atomic E-state index is 12.5. The lowest BCUT2D eigenvalue weighted by molar-refractivity contribution is -0.138. The van der Waals surface area contributed by atoms with Gasteiger partial charge in [0.25, 0.3) is 0 Å². The van der Waals surface area contributed by atoms with Gasteiger partial charge in [-0.3, -0.25) is 0 Å². The van der Waals surface area contributed by atoms with E-state index in [1.54, 1.807) is 46.0 Å². The van der Waals surface area contributed by atoms with E-state index in [0.29, 0.717) is 29.5 Å². The van der Waals surface area contributed by atoms with E-state index in [0.717, 1.165) is 12.5 Å². The van der Waals surface area contributed by atoms with Crippen molar-refractivity contribution in [1.29, 1.82) is 0 Å². The van der Waals surface area contributed by atoms with Crippen LogP contribution in [-0.2, 0) is 30.3 Å². The highest BCUT2D eigenvalue weighted by molar-refractivity contribution is 5.99. The zero-order valence-corrected chi connectivity index (χ0v) is 20.8. The van der Waals surface area contributed by atoms with Crippen LogP contribution in [0.3, 0.4) is 0 Å². The number of nitrogens with one attached hydrogen (secondary N) is 1. The summed E-state index contributed by atoms with van der Waals surface area (Å²) in [4.78, 5) is 38.0. The van der Waals surface area contributed by atoms with E-state index in [2.05, 4.69) is 23.9 Å². The molecule has 0 fully saturated rings. The smallest absolute Gasteiger partial charge is 0.410 e. The molecule has 1 aromatic rings. The fraction of sp³-hybridized carbons (Fsp3) is 0.542. The van der Waals surface area contributed by atoms with Gasteiger partial charge in [0.1, 0.15) is 17.0 Å². The van der Waals surface area contributed by atoms with E-state index in [9.17, 15) is 14.4 Å². The van der Waals surface area contributed by atoms with E-state index < -0.39 is 23.6 Å². The summed E-state index contributed by atoms with van der Waals surface area (Å²) in [6, 6.07) is 5.31. The molecule has 0 heterocycles. The van der Waals surface area contributed by atoms with Gasteiger partial charge in [-0.1, -0.05) is 26.0 Å². The molecule has 0 spiro atoms. The zero-order chi connectivity index (χ0) is 25.2. The first-order valence-electron chi connectivity index (χ1n) is 10.7. The van der Waals surface area contributed by atoms with Crippen molar-refractivity contribution in [2.24, 2.45) is 5.92 Å². The van der Waals surface area contributed by atoms with Gasteiger partial charge in [-0.25, -0.2) is 14.4 Å². The van der Waals surface area contributed by atoms with Gasteiger partial charge in [-0.15, -0.1) is 0 Å². The van der Waals surface area contributed by atoms with Crippen LogP contribution < -0.4 is 10.1 Å². The molecule has 184 valence electrons. The highest BCUT2D eigenvalue weighted by atomic mass is 16.6. The number of methoxy groups -OCH3 is 2. The summed E-state index contributed by atoms with van der Waals surface area (Å²) < 4.78 is 20.8. The minimum Gasteiger partial charge on any atom is -0.491 e. The third-order valence-corrected chi connectivity index (χ3v) is 4.31. The Labute approximate surface area is 196 Å². The number of nitrogens with zero attached hydrogens (tertiary/aromatic N) is 1. The Morgan fingerprint density at radius 1 is 1.12 bits per heavy atom. The maximum Gasteiger partial charge on any atom is 0.410 e. The lowest BCUT2D eigenvalue weighted by Gasteiger charge is -2.26. The summed E-state index contributed by atoms with van der Waals surface area (Å²) in [5.41, 5.74) is 0.294. The van der Waals surface area contributed by atoms with E-state index in [1.165, 1.54) is 19.1 Å². The molecular weight excluding hydrogens is 428 g/mol. The molecule has 1 amide bonds. The first kappa shape index (κ1) is 27.8. The predicted molar refractivity (Wildman–Crippen MR) is 125 cm³/mol. The van der Waals surface area contributed by atoms with Crippen LogP contribution in [0.1, 0.15) is 46.6 Å². The summed E-state index contributed by atoms with van der Waals surface area (Å²) in [6.45, 7) is 10.1. The van der Waals surface area contributed by atoms with Crippen molar-refractivity contribution in [3.63, 3.8) is 0 Å². The average molecular weight is 465 g/mol. The second-order valence-corrected chi connectivity index (χ2v) is 8.86. The number of hydrogen-bond donors (Lipinski definition) is 1. The highest BCUT2D eigenvalue weighted by Gasteiger charge is 2.23. The molecule has 0 aliphatic heterocycles. The molecule has 0 unspecified atom stereocenters. The first-order chi connectivity index (χ1) is 15.4. The topological polar surface area (TPSA) is 103 Å². The lowest BCUT2D eigenvalue weighted by atomic mass is 10.1. The summed E-state index contributed by atoms with van der Waals surface area (Å²) in [6.07, 6.45) is 1.32. The Bertz CT molecular complexity index is 857. The van der Waals surface area contributed by atoms with Crippen molar-refractivity contribution in [1.82, 2.24) is 4.90 Å². The predicted octanol–water partition coefficient (Wildman–Crippen LogP) is 4.12.